The minimum absolute atomic E-state index is 0.0160. The molecule has 2 aromatic rings. The summed E-state index contributed by atoms with van der Waals surface area (Å²) >= 11 is 5.91. The molecule has 1 heterocycles. The lowest BCUT2D eigenvalue weighted by Crippen LogP contribution is -2.45. The van der Waals surface area contributed by atoms with Crippen LogP contribution in [0, 0.1) is 5.92 Å². The molecule has 13 heteroatoms. The average Bonchev–Trinajstić information content (AvgIpc) is 3.53. The first-order chi connectivity index (χ1) is 17.3. The van der Waals surface area contributed by atoms with Gasteiger partial charge in [0.15, 0.2) is 9.84 Å². The first kappa shape index (κ1) is 27.2. The fourth-order valence-electron chi connectivity index (χ4n) is 4.50. The van der Waals surface area contributed by atoms with Crippen LogP contribution in [-0.4, -0.2) is 60.0 Å². The fraction of sp³-hybridized carbons (Fsp3) is 0.417. The zero-order valence-electron chi connectivity index (χ0n) is 19.3. The van der Waals surface area contributed by atoms with Gasteiger partial charge in [-0.05, 0) is 55.0 Å². The predicted molar refractivity (Wildman–Crippen MR) is 127 cm³/mol. The number of amides is 2. The molecule has 0 radical (unpaired) electrons. The summed E-state index contributed by atoms with van der Waals surface area (Å²) in [7, 11) is -3.54. The first-order valence-electron chi connectivity index (χ1n) is 11.4. The Bertz CT molecular complexity index is 1300. The van der Waals surface area contributed by atoms with Gasteiger partial charge in [-0.25, -0.2) is 13.2 Å². The number of rotatable bonds is 7. The maximum atomic E-state index is 13.3. The number of nitrogens with one attached hydrogen (secondary N) is 1. The molecule has 2 aliphatic rings. The summed E-state index contributed by atoms with van der Waals surface area (Å²) < 4.78 is 65.1. The summed E-state index contributed by atoms with van der Waals surface area (Å²) in [6, 6.07) is 6.31. The van der Waals surface area contributed by atoms with Gasteiger partial charge in [0.05, 0.1) is 51.5 Å². The third-order valence-corrected chi connectivity index (χ3v) is 8.85. The monoisotopic (exact) mass is 560 g/mol. The molecule has 2 aromatic carbocycles. The number of likely N-dealkylation sites (tertiary alicyclic amines) is 1. The molecule has 1 unspecified atom stereocenters. The maximum Gasteiger partial charge on any atom is 0.417 e. The van der Waals surface area contributed by atoms with Crippen molar-refractivity contribution in [1.82, 2.24) is 10.2 Å². The van der Waals surface area contributed by atoms with Gasteiger partial charge < -0.3 is 20.4 Å². The van der Waals surface area contributed by atoms with E-state index in [2.05, 4.69) is 5.32 Å². The Morgan fingerprint density at radius 1 is 1.14 bits per heavy atom. The number of hydrogen-bond donors (Lipinski definition) is 3. The predicted octanol–water partition coefficient (Wildman–Crippen LogP) is 4.13. The van der Waals surface area contributed by atoms with Gasteiger partial charge in [0.1, 0.15) is 0 Å². The Morgan fingerprint density at radius 2 is 1.78 bits per heavy atom. The molecule has 8 nitrogen and oxygen atoms in total. The van der Waals surface area contributed by atoms with E-state index in [0.29, 0.717) is 5.56 Å². The van der Waals surface area contributed by atoms with Crippen molar-refractivity contribution in [2.75, 3.05) is 12.3 Å². The Kier molecular flexibility index (Phi) is 7.46. The molecule has 200 valence electrons. The molecule has 1 saturated carbocycles. The lowest BCUT2D eigenvalue weighted by atomic mass is 9.96. The van der Waals surface area contributed by atoms with Crippen LogP contribution in [0.5, 0.6) is 0 Å². The van der Waals surface area contributed by atoms with Crippen molar-refractivity contribution in [3.63, 3.8) is 0 Å². The quantitative estimate of drug-likeness (QED) is 0.468. The average molecular weight is 561 g/mol. The van der Waals surface area contributed by atoms with Crippen LogP contribution in [0.1, 0.15) is 46.8 Å². The van der Waals surface area contributed by atoms with Crippen molar-refractivity contribution in [1.29, 1.82) is 0 Å². The van der Waals surface area contributed by atoms with E-state index >= 15 is 0 Å². The van der Waals surface area contributed by atoms with Crippen molar-refractivity contribution in [3.05, 3.63) is 64.2 Å². The van der Waals surface area contributed by atoms with E-state index in [9.17, 15) is 41.4 Å². The molecular weight excluding hydrogens is 537 g/mol. The molecular formula is C24H24ClF3N2O6S. The summed E-state index contributed by atoms with van der Waals surface area (Å²) in [5, 5.41) is 21.5. The molecule has 1 aliphatic carbocycles. The number of carboxylic acid groups (broad SMARTS) is 1. The molecule has 3 N–H and O–H groups in total. The molecule has 4 rings (SSSR count). The zero-order valence-corrected chi connectivity index (χ0v) is 20.9. The number of nitrogens with zero attached hydrogens (tertiary/aromatic N) is 1. The number of β-amino-alcohol motifs (C(OH)–C–C–N with tert-alkyl or cyclic N) is 1. The van der Waals surface area contributed by atoms with Crippen LogP contribution >= 0.6 is 11.6 Å². The Morgan fingerprint density at radius 3 is 2.35 bits per heavy atom. The molecule has 0 aromatic heterocycles. The lowest BCUT2D eigenvalue weighted by molar-refractivity contribution is -0.137. The highest BCUT2D eigenvalue weighted by atomic mass is 35.5. The van der Waals surface area contributed by atoms with E-state index in [-0.39, 0.29) is 29.5 Å². The molecule has 1 saturated heterocycles. The molecule has 1 aliphatic heterocycles. The fourth-order valence-corrected chi connectivity index (χ4v) is 6.52. The van der Waals surface area contributed by atoms with Gasteiger partial charge in [-0.1, -0.05) is 29.8 Å². The largest absolute Gasteiger partial charge is 0.465 e. The van der Waals surface area contributed by atoms with E-state index in [1.165, 1.54) is 24.3 Å². The van der Waals surface area contributed by atoms with E-state index < -0.39 is 62.4 Å². The van der Waals surface area contributed by atoms with E-state index in [1.54, 1.807) is 0 Å². The van der Waals surface area contributed by atoms with Crippen molar-refractivity contribution in [3.8, 4) is 0 Å². The van der Waals surface area contributed by atoms with Gasteiger partial charge in [-0.2, -0.15) is 13.2 Å². The molecule has 37 heavy (non-hydrogen) atoms. The smallest absolute Gasteiger partial charge is 0.417 e. The number of benzene rings is 2. The Balaban J connectivity index is 1.68. The minimum Gasteiger partial charge on any atom is -0.465 e. The van der Waals surface area contributed by atoms with Gasteiger partial charge >= 0.3 is 12.3 Å². The Labute approximate surface area is 216 Å². The van der Waals surface area contributed by atoms with E-state index in [1.807, 2.05) is 0 Å². The third-order valence-electron chi connectivity index (χ3n) is 6.54. The first-order valence-corrected chi connectivity index (χ1v) is 13.5. The summed E-state index contributed by atoms with van der Waals surface area (Å²) in [4.78, 5) is 25.9. The van der Waals surface area contributed by atoms with Crippen LogP contribution < -0.4 is 5.32 Å². The summed E-state index contributed by atoms with van der Waals surface area (Å²) in [6.45, 7) is -0.232. The Hall–Kier alpha value is -2.83. The standard InChI is InChI=1S/C24H24ClF3N2O6S/c25-20-17(2-1-3-18(20)24(26,27)28)22(32)29-21(19-10-15(31)11-30(19)23(33)34)14-6-8-16(9-7-14)37(35,36)12-13-4-5-13/h1-3,6-9,13,15,19,21,31H,4-5,10-12H2,(H,29,32)(H,33,34)/t15-,19+,21?/m1/s1. The van der Waals surface area contributed by atoms with Gasteiger partial charge in [0.25, 0.3) is 5.91 Å². The van der Waals surface area contributed by atoms with Gasteiger partial charge in [0, 0.05) is 0 Å². The second-order valence-electron chi connectivity index (χ2n) is 9.30. The topological polar surface area (TPSA) is 124 Å². The number of carbonyl (C=O) groups is 2. The SMILES string of the molecule is O=C(NC(c1ccc(S(=O)(=O)CC2CC2)cc1)[C@@H]1C[C@@H](O)CN1C(=O)O)c1cccc(C(F)(F)F)c1Cl. The van der Waals surface area contributed by atoms with Crippen LogP contribution in [0.3, 0.4) is 0 Å². The maximum absolute atomic E-state index is 13.3. The second-order valence-corrected chi connectivity index (χ2v) is 11.7. The van der Waals surface area contributed by atoms with Crippen LogP contribution in [0.25, 0.3) is 0 Å². The number of halogens is 4. The number of sulfone groups is 1. The highest BCUT2D eigenvalue weighted by Gasteiger charge is 2.41. The highest BCUT2D eigenvalue weighted by Crippen LogP contribution is 2.37. The molecule has 3 atom stereocenters. The highest BCUT2D eigenvalue weighted by molar-refractivity contribution is 7.91. The van der Waals surface area contributed by atoms with E-state index in [0.717, 1.165) is 35.9 Å². The van der Waals surface area contributed by atoms with Crippen molar-refractivity contribution in [2.45, 2.75) is 48.5 Å². The second kappa shape index (κ2) is 10.1. The van der Waals surface area contributed by atoms with E-state index in [4.69, 9.17) is 11.6 Å². The zero-order chi connectivity index (χ0) is 27.1. The van der Waals surface area contributed by atoms with Crippen LogP contribution in [0.4, 0.5) is 18.0 Å². The summed E-state index contributed by atoms with van der Waals surface area (Å²) in [5.74, 6) is -0.849. The number of aliphatic hydroxyl groups is 1. The molecule has 2 amide bonds. The number of alkyl halides is 3. The third kappa shape index (κ3) is 6.02. The van der Waals surface area contributed by atoms with Crippen molar-refractivity contribution >= 4 is 33.4 Å². The van der Waals surface area contributed by atoms with Crippen LogP contribution in [-0.2, 0) is 16.0 Å². The van der Waals surface area contributed by atoms with Crippen LogP contribution in [0.15, 0.2) is 47.4 Å². The van der Waals surface area contributed by atoms with Gasteiger partial charge in [-0.3, -0.25) is 4.79 Å². The normalized spacial score (nSPS) is 21.1. The van der Waals surface area contributed by atoms with Crippen LogP contribution in [0.2, 0.25) is 5.02 Å². The van der Waals surface area contributed by atoms with Crippen molar-refractivity contribution < 1.29 is 41.4 Å². The summed E-state index contributed by atoms with van der Waals surface area (Å²) in [5.41, 5.74) is -1.36. The molecule has 0 bridgehead atoms. The van der Waals surface area contributed by atoms with Crippen molar-refractivity contribution in [2.24, 2.45) is 5.92 Å². The number of carbonyl (C=O) groups excluding carboxylic acids is 1. The van der Waals surface area contributed by atoms with Gasteiger partial charge in [-0.15, -0.1) is 0 Å². The lowest BCUT2D eigenvalue weighted by Gasteiger charge is -2.31. The molecule has 2 fully saturated rings. The van der Waals surface area contributed by atoms with Gasteiger partial charge in [0.2, 0.25) is 0 Å². The number of aliphatic hydroxyl groups excluding tert-OH is 1. The number of hydrogen-bond acceptors (Lipinski definition) is 5. The summed E-state index contributed by atoms with van der Waals surface area (Å²) in [6.07, 6.45) is -5.56. The minimum atomic E-state index is -4.80. The molecule has 0 spiro atoms.